The van der Waals surface area contributed by atoms with Crippen LogP contribution in [0, 0.1) is 0 Å². The Kier molecular flexibility index (Phi) is 35.3. The summed E-state index contributed by atoms with van der Waals surface area (Å²) in [7, 11) is -11.0. The predicted molar refractivity (Wildman–Crippen MR) is 282 cm³/mol. The number of hydrogen-bond donors (Lipinski definition) is 7. The minimum absolute atomic E-state index is 0.00845. The number of carbonyl (C=O) groups excluding carboxylic acids is 2. The molecule has 1 fully saturated rings. The van der Waals surface area contributed by atoms with Crippen molar-refractivity contribution in [1.29, 1.82) is 0 Å². The van der Waals surface area contributed by atoms with E-state index in [2.05, 4.69) is 65.7 Å². The van der Waals surface area contributed by atoms with Gasteiger partial charge in [-0.05, 0) is 89.5 Å². The summed E-state index contributed by atoms with van der Waals surface area (Å²) in [4.78, 5) is 62.0. The number of ether oxygens (including phenoxy) is 3. The minimum atomic E-state index is -5.51. The van der Waals surface area contributed by atoms with Gasteiger partial charge >= 0.3 is 33.3 Å². The second-order valence-corrected chi connectivity index (χ2v) is 21.0. The van der Waals surface area contributed by atoms with Crippen LogP contribution in [0.5, 0.6) is 0 Å². The highest BCUT2D eigenvalue weighted by Crippen LogP contribution is 2.60. The molecule has 9 atom stereocenters. The third-order valence-corrected chi connectivity index (χ3v) is 14.1. The van der Waals surface area contributed by atoms with E-state index in [4.69, 9.17) is 29.0 Å². The molecule has 74 heavy (non-hydrogen) atoms. The zero-order valence-electron chi connectivity index (χ0n) is 43.3. The average molecular weight is 1090 g/mol. The van der Waals surface area contributed by atoms with E-state index in [-0.39, 0.29) is 37.9 Å². The van der Waals surface area contributed by atoms with Gasteiger partial charge in [-0.3, -0.25) is 23.2 Å². The van der Waals surface area contributed by atoms with E-state index in [0.717, 1.165) is 42.9 Å². The summed E-state index contributed by atoms with van der Waals surface area (Å²) in [5.74, 6) is -1.67. The second-order valence-electron chi connectivity index (χ2n) is 18.0. The number of nitrogens with two attached hydrogens (primary N) is 1. The highest BCUT2D eigenvalue weighted by atomic mass is 31.3. The summed E-state index contributed by atoms with van der Waals surface area (Å²) in [5, 5.41) is 41.9. The van der Waals surface area contributed by atoms with Gasteiger partial charge in [0, 0.05) is 19.0 Å². The third kappa shape index (κ3) is 31.2. The van der Waals surface area contributed by atoms with Gasteiger partial charge in [-0.2, -0.15) is 9.29 Å². The van der Waals surface area contributed by atoms with Gasteiger partial charge in [0.25, 0.3) is 0 Å². The first-order valence-corrected chi connectivity index (χ1v) is 29.1. The van der Waals surface area contributed by atoms with Crippen molar-refractivity contribution >= 4 is 33.4 Å². The molecule has 1 saturated heterocycles. The molecule has 0 spiro atoms. The Hall–Kier alpha value is -3.88. The Morgan fingerprint density at radius 1 is 0.703 bits per heavy atom. The highest BCUT2D eigenvalue weighted by Gasteiger charge is 2.46. The van der Waals surface area contributed by atoms with Crippen molar-refractivity contribution in [2.24, 2.45) is 0 Å². The summed E-state index contributed by atoms with van der Waals surface area (Å²) in [6, 6.07) is 1.23. The maximum atomic E-state index is 12.9. The molecule has 8 N–H and O–H groups in total. The first-order chi connectivity index (χ1) is 35.5. The molecular weight excluding hydrogens is 1000 g/mol. The first kappa shape index (κ1) is 66.2. The Labute approximate surface area is 437 Å². The van der Waals surface area contributed by atoms with Crippen LogP contribution < -0.4 is 11.4 Å². The summed E-state index contributed by atoms with van der Waals surface area (Å²) >= 11 is 0. The van der Waals surface area contributed by atoms with Crippen LogP contribution >= 0.6 is 15.6 Å². The monoisotopic (exact) mass is 1090 g/mol. The topological polar surface area (TPSA) is 306 Å². The molecule has 420 valence electrons. The van der Waals surface area contributed by atoms with Crippen molar-refractivity contribution in [2.45, 2.75) is 198 Å². The van der Waals surface area contributed by atoms with Crippen LogP contribution in [0.15, 0.2) is 90.0 Å². The number of rotatable bonds is 42. The number of phosphoric acid groups is 2. The van der Waals surface area contributed by atoms with Gasteiger partial charge in [0.2, 0.25) is 0 Å². The lowest BCUT2D eigenvalue weighted by Crippen LogP contribution is -2.36. The fourth-order valence-electron chi connectivity index (χ4n) is 7.25. The fraction of sp³-hybridized carbons (Fsp3) is 0.654. The van der Waals surface area contributed by atoms with Crippen molar-refractivity contribution in [2.75, 3.05) is 25.6 Å². The van der Waals surface area contributed by atoms with E-state index in [1.807, 2.05) is 24.3 Å². The van der Waals surface area contributed by atoms with E-state index in [1.165, 1.54) is 63.9 Å². The molecule has 0 saturated carbocycles. The Morgan fingerprint density at radius 2 is 1.23 bits per heavy atom. The lowest BCUT2D eigenvalue weighted by molar-refractivity contribution is -0.161. The van der Waals surface area contributed by atoms with Crippen LogP contribution in [0.3, 0.4) is 0 Å². The van der Waals surface area contributed by atoms with Crippen molar-refractivity contribution in [3.8, 4) is 0 Å². The van der Waals surface area contributed by atoms with Crippen molar-refractivity contribution < 1.29 is 76.5 Å². The molecule has 2 rings (SSSR count). The number of aliphatic hydroxyl groups excluding tert-OH is 4. The van der Waals surface area contributed by atoms with Crippen LogP contribution in [-0.4, -0.2) is 108 Å². The average Bonchev–Trinajstić information content (AvgIpc) is 3.63. The van der Waals surface area contributed by atoms with Gasteiger partial charge in [-0.15, -0.1) is 0 Å². The minimum Gasteiger partial charge on any atom is -0.462 e. The number of hydrogen-bond acceptors (Lipinski definition) is 17. The largest absolute Gasteiger partial charge is 0.481 e. The van der Waals surface area contributed by atoms with Gasteiger partial charge < -0.3 is 50.2 Å². The molecule has 1 aromatic rings. The Morgan fingerprint density at radius 3 is 1.85 bits per heavy atom. The Balaban J connectivity index is 1.89. The normalized spacial score (nSPS) is 20.3. The number of nitrogens with zero attached hydrogens (tertiary/aromatic N) is 2. The molecule has 0 amide bonds. The lowest BCUT2D eigenvalue weighted by Gasteiger charge is -2.22. The van der Waals surface area contributed by atoms with E-state index >= 15 is 0 Å². The van der Waals surface area contributed by atoms with Gasteiger partial charge in [-0.1, -0.05) is 132 Å². The van der Waals surface area contributed by atoms with Crippen LogP contribution in [0.1, 0.15) is 161 Å². The number of unbranched alkanes of at least 4 members (excludes halogenated alkanes) is 10. The smallest absolute Gasteiger partial charge is 0.462 e. The summed E-state index contributed by atoms with van der Waals surface area (Å²) in [6.07, 6.45) is 32.9. The maximum absolute atomic E-state index is 12.9. The summed E-state index contributed by atoms with van der Waals surface area (Å²) in [5.41, 5.74) is 4.56. The maximum Gasteiger partial charge on any atom is 0.481 e. The molecule has 0 aliphatic carbocycles. The molecule has 0 aromatic carbocycles. The lowest BCUT2D eigenvalue weighted by atomic mass is 10.0. The van der Waals surface area contributed by atoms with E-state index in [0.29, 0.717) is 19.3 Å². The third-order valence-electron chi connectivity index (χ3n) is 11.5. The van der Waals surface area contributed by atoms with Crippen LogP contribution in [-0.2, 0) is 46.3 Å². The molecule has 1 aromatic heterocycles. The van der Waals surface area contributed by atoms with Crippen LogP contribution in [0.2, 0.25) is 0 Å². The second kappa shape index (κ2) is 39.5. The zero-order valence-corrected chi connectivity index (χ0v) is 45.1. The molecule has 20 nitrogen and oxygen atoms in total. The number of nitrogen functional groups attached to an aromatic ring is 1. The van der Waals surface area contributed by atoms with E-state index in [9.17, 15) is 53.7 Å². The number of anilines is 1. The van der Waals surface area contributed by atoms with Gasteiger partial charge in [0.1, 0.15) is 30.7 Å². The quantitative estimate of drug-likeness (QED) is 0.0139. The van der Waals surface area contributed by atoms with E-state index in [1.54, 1.807) is 6.08 Å². The number of esters is 2. The van der Waals surface area contributed by atoms with Gasteiger partial charge in [0.15, 0.2) is 12.3 Å². The first-order valence-electron chi connectivity index (χ1n) is 26.1. The highest BCUT2D eigenvalue weighted by molar-refractivity contribution is 7.61. The zero-order chi connectivity index (χ0) is 54.5. The molecule has 0 radical (unpaired) electrons. The van der Waals surface area contributed by atoms with Crippen LogP contribution in [0.4, 0.5) is 5.82 Å². The molecule has 0 bridgehead atoms. The number of allylic oxidation sites excluding steroid dienone is 11. The molecule has 4 unspecified atom stereocenters. The van der Waals surface area contributed by atoms with Gasteiger partial charge in [0.05, 0.1) is 25.4 Å². The summed E-state index contributed by atoms with van der Waals surface area (Å²) < 4.78 is 56.5. The Bertz CT molecular complexity index is 2060. The van der Waals surface area contributed by atoms with Crippen molar-refractivity contribution in [1.82, 2.24) is 9.55 Å². The van der Waals surface area contributed by atoms with Crippen LogP contribution in [0.25, 0.3) is 0 Å². The standard InChI is InChI=1S/C52H85N3O17P2/c1-3-5-7-9-11-13-15-17-18-19-20-21-23-25-27-29-31-35-47(58)67-39-42(70-48(59)36-32-34-44(57)43(56)33-30-28-26-24-22-16-14-12-10-8-6-4-2)40-68-73(63,64)72-74(65,66)69-41-45-49(60)50(61)51(71-45)55-38-37-46(53)54-52(55)62/h12,14,17-18,20-22,24-25,27-28,30,37-38,42-45,49-51,56-57,60-61H,3-11,13,15-16,19,23,26,29,31-36,39-41H2,1-2H3,(H,63,64)(H,65,66)(H2,53,54,62)/b14-12-,18-17-,21-20-,24-22-,27-25-,30-28-/t42-,43?,44?,45-,49-,50-,51-/m1/s1. The van der Waals surface area contributed by atoms with E-state index < -0.39 is 95.9 Å². The predicted octanol–water partition coefficient (Wildman–Crippen LogP) is 8.83. The number of phosphoric ester groups is 2. The number of carbonyl (C=O) groups is 2. The van der Waals surface area contributed by atoms with Crippen molar-refractivity contribution in [3.63, 3.8) is 0 Å². The molecular formula is C52H85N3O17P2. The molecule has 2 heterocycles. The molecule has 1 aliphatic heterocycles. The molecule has 1 aliphatic rings. The number of aromatic nitrogens is 2. The summed E-state index contributed by atoms with van der Waals surface area (Å²) in [6.45, 7) is 1.79. The van der Waals surface area contributed by atoms with Gasteiger partial charge in [-0.25, -0.2) is 13.9 Å². The number of aliphatic hydroxyl groups is 4. The van der Waals surface area contributed by atoms with Crippen molar-refractivity contribution in [3.05, 3.63) is 95.7 Å². The fourth-order valence-corrected chi connectivity index (χ4v) is 9.37. The SMILES string of the molecule is CCCCC/C=C\C/C=C\C/C=C\CC(O)C(O)CCCC(=O)O[C@H](COC(=O)CCC/C=C\C/C=C\C/C=C\CCCCCCCC)COP(=O)(O)OP(=O)(O)OC[C@H]1O[C@@H](n2ccc(N)nc2=O)[C@H](O)[C@@H]1O. The molecule has 22 heteroatoms.